The van der Waals surface area contributed by atoms with Gasteiger partial charge in [0.15, 0.2) is 5.79 Å². The Balaban J connectivity index is 1.50. The van der Waals surface area contributed by atoms with Gasteiger partial charge < -0.3 is 18.9 Å². The molecule has 4 rings (SSSR count). The second-order valence-corrected chi connectivity index (χ2v) is 6.81. The number of ether oxygens (including phenoxy) is 2. The number of carbonyl (C=O) groups is 1. The van der Waals surface area contributed by atoms with Gasteiger partial charge in [-0.2, -0.15) is 0 Å². The van der Waals surface area contributed by atoms with Gasteiger partial charge in [-0.05, 0) is 18.6 Å². The molecule has 1 amide bonds. The Kier molecular flexibility index (Phi) is 3.85. The van der Waals surface area contributed by atoms with Crippen LogP contribution in [0.15, 0.2) is 24.3 Å². The highest BCUT2D eigenvalue weighted by Gasteiger charge is 2.40. The molecule has 0 unspecified atom stereocenters. The maximum atomic E-state index is 12.8. The van der Waals surface area contributed by atoms with E-state index in [1.165, 1.54) is 16.6 Å². The topological polar surface area (TPSA) is 43.7 Å². The number of fused-ring (bicyclic) bond motifs is 1. The Morgan fingerprint density at radius 2 is 1.83 bits per heavy atom. The number of para-hydroxylation sites is 1. The van der Waals surface area contributed by atoms with Crippen LogP contribution >= 0.6 is 0 Å². The van der Waals surface area contributed by atoms with Crippen LogP contribution < -0.4 is 0 Å². The van der Waals surface area contributed by atoms with Gasteiger partial charge in [-0.25, -0.2) is 0 Å². The van der Waals surface area contributed by atoms with Gasteiger partial charge in [-0.3, -0.25) is 4.79 Å². The molecule has 3 heterocycles. The van der Waals surface area contributed by atoms with Crippen molar-refractivity contribution in [3.63, 3.8) is 0 Å². The lowest BCUT2D eigenvalue weighted by Crippen LogP contribution is -2.47. The molecule has 5 nitrogen and oxygen atoms in total. The summed E-state index contributed by atoms with van der Waals surface area (Å²) in [5.41, 5.74) is 3.50. The summed E-state index contributed by atoms with van der Waals surface area (Å²) >= 11 is 0. The molecular weight excluding hydrogens is 304 g/mol. The summed E-state index contributed by atoms with van der Waals surface area (Å²) < 4.78 is 13.7. The average molecular weight is 328 g/mol. The van der Waals surface area contributed by atoms with E-state index in [2.05, 4.69) is 30.7 Å². The van der Waals surface area contributed by atoms with Crippen LogP contribution in [0.5, 0.6) is 0 Å². The van der Waals surface area contributed by atoms with E-state index in [0.717, 1.165) is 18.4 Å². The van der Waals surface area contributed by atoms with Crippen molar-refractivity contribution >= 4 is 16.8 Å². The fraction of sp³-hybridized carbons (Fsp3) is 0.526. The Morgan fingerprint density at radius 1 is 1.17 bits per heavy atom. The molecule has 0 radical (unpaired) electrons. The Bertz CT molecular complexity index is 764. The number of nitrogens with zero attached hydrogens (tertiary/aromatic N) is 2. The maximum Gasteiger partial charge on any atom is 0.227 e. The third-order valence-corrected chi connectivity index (χ3v) is 5.55. The number of amides is 1. The number of piperidine rings is 1. The molecule has 24 heavy (non-hydrogen) atoms. The van der Waals surface area contributed by atoms with E-state index in [0.29, 0.717) is 32.7 Å². The molecule has 2 aliphatic rings. The zero-order valence-electron chi connectivity index (χ0n) is 14.4. The van der Waals surface area contributed by atoms with E-state index in [4.69, 9.17) is 9.47 Å². The first kappa shape index (κ1) is 15.7. The third-order valence-electron chi connectivity index (χ3n) is 5.55. The fourth-order valence-corrected chi connectivity index (χ4v) is 3.97. The zero-order valence-corrected chi connectivity index (χ0v) is 14.4. The Hall–Kier alpha value is -1.85. The summed E-state index contributed by atoms with van der Waals surface area (Å²) in [7, 11) is 2.06. The van der Waals surface area contributed by atoms with Crippen molar-refractivity contribution in [1.82, 2.24) is 9.47 Å². The number of carbonyl (C=O) groups excluding carboxylic acids is 1. The van der Waals surface area contributed by atoms with Gasteiger partial charge in [0.05, 0.1) is 19.6 Å². The third kappa shape index (κ3) is 2.52. The predicted molar refractivity (Wildman–Crippen MR) is 91.8 cm³/mol. The summed E-state index contributed by atoms with van der Waals surface area (Å²) in [6.45, 7) is 4.85. The minimum Gasteiger partial charge on any atom is -0.348 e. The van der Waals surface area contributed by atoms with Crippen molar-refractivity contribution in [3.05, 3.63) is 35.5 Å². The molecule has 0 saturated carbocycles. The number of hydrogen-bond donors (Lipinski definition) is 0. The van der Waals surface area contributed by atoms with E-state index in [9.17, 15) is 4.79 Å². The van der Waals surface area contributed by atoms with Crippen molar-refractivity contribution < 1.29 is 14.3 Å². The van der Waals surface area contributed by atoms with Gasteiger partial charge >= 0.3 is 0 Å². The van der Waals surface area contributed by atoms with E-state index in [1.54, 1.807) is 0 Å². The second kappa shape index (κ2) is 5.90. The van der Waals surface area contributed by atoms with Gasteiger partial charge in [0, 0.05) is 49.6 Å². The van der Waals surface area contributed by atoms with Crippen LogP contribution in [0.2, 0.25) is 0 Å². The molecule has 0 bridgehead atoms. The summed E-state index contributed by atoms with van der Waals surface area (Å²) in [6, 6.07) is 8.29. The van der Waals surface area contributed by atoms with Crippen LogP contribution in [0.1, 0.15) is 24.1 Å². The zero-order chi connectivity index (χ0) is 16.7. The van der Waals surface area contributed by atoms with Crippen LogP contribution in [-0.4, -0.2) is 47.5 Å². The minimum atomic E-state index is -0.424. The molecule has 0 N–H and O–H groups in total. The summed E-state index contributed by atoms with van der Waals surface area (Å²) in [4.78, 5) is 14.8. The van der Waals surface area contributed by atoms with E-state index >= 15 is 0 Å². The lowest BCUT2D eigenvalue weighted by atomic mass is 10.0. The minimum absolute atomic E-state index is 0.197. The molecule has 0 atom stereocenters. The Morgan fingerprint density at radius 3 is 2.54 bits per heavy atom. The maximum absolute atomic E-state index is 12.8. The molecule has 5 heteroatoms. The summed E-state index contributed by atoms with van der Waals surface area (Å²) in [5.74, 6) is -0.228. The molecule has 1 aromatic heterocycles. The van der Waals surface area contributed by atoms with Gasteiger partial charge in [0.25, 0.3) is 0 Å². The van der Waals surface area contributed by atoms with E-state index < -0.39 is 5.79 Å². The molecule has 2 aromatic rings. The second-order valence-electron chi connectivity index (χ2n) is 6.81. The van der Waals surface area contributed by atoms with Crippen molar-refractivity contribution in [3.8, 4) is 0 Å². The van der Waals surface area contributed by atoms with Gasteiger partial charge in [-0.1, -0.05) is 18.2 Å². The van der Waals surface area contributed by atoms with Crippen molar-refractivity contribution in [2.75, 3.05) is 26.3 Å². The predicted octanol–water partition coefficient (Wildman–Crippen LogP) is 2.39. The first-order chi connectivity index (χ1) is 11.6. The normalized spacial score (nSPS) is 20.2. The fourth-order valence-electron chi connectivity index (χ4n) is 3.97. The lowest BCUT2D eigenvalue weighted by Gasteiger charge is -2.37. The van der Waals surface area contributed by atoms with Gasteiger partial charge in [-0.15, -0.1) is 0 Å². The van der Waals surface area contributed by atoms with Crippen molar-refractivity contribution in [2.24, 2.45) is 7.05 Å². The molecule has 0 aliphatic carbocycles. The van der Waals surface area contributed by atoms with Gasteiger partial charge in [0.2, 0.25) is 5.91 Å². The van der Waals surface area contributed by atoms with Crippen molar-refractivity contribution in [1.29, 1.82) is 0 Å². The lowest BCUT2D eigenvalue weighted by molar-refractivity contribution is -0.187. The quantitative estimate of drug-likeness (QED) is 0.850. The highest BCUT2D eigenvalue weighted by atomic mass is 16.7. The standard InChI is InChI=1S/C19H24N2O3/c1-14-16(15-5-3-4-6-17(15)20(14)2)13-18(22)21-9-7-19(8-10-21)23-11-12-24-19/h3-6H,7-13H2,1-2H3. The van der Waals surface area contributed by atoms with Crippen LogP contribution in [0.3, 0.4) is 0 Å². The van der Waals surface area contributed by atoms with Crippen LogP contribution in [0.4, 0.5) is 0 Å². The average Bonchev–Trinajstić information content (AvgIpc) is 3.15. The highest BCUT2D eigenvalue weighted by Crippen LogP contribution is 2.32. The number of aryl methyl sites for hydroxylation is 1. The summed E-state index contributed by atoms with van der Waals surface area (Å²) in [5, 5.41) is 1.18. The highest BCUT2D eigenvalue weighted by molar-refractivity contribution is 5.90. The molecule has 1 spiro atoms. The number of aromatic nitrogens is 1. The molecule has 1 aromatic carbocycles. The number of benzene rings is 1. The number of rotatable bonds is 2. The van der Waals surface area contributed by atoms with Crippen LogP contribution in [-0.2, 0) is 27.7 Å². The largest absolute Gasteiger partial charge is 0.348 e. The van der Waals surface area contributed by atoms with Crippen LogP contribution in [0.25, 0.3) is 10.9 Å². The Labute approximate surface area is 142 Å². The smallest absolute Gasteiger partial charge is 0.227 e. The van der Waals surface area contributed by atoms with Crippen LogP contribution in [0, 0.1) is 6.92 Å². The first-order valence-corrected chi connectivity index (χ1v) is 8.68. The monoisotopic (exact) mass is 328 g/mol. The molecule has 2 aliphatic heterocycles. The number of likely N-dealkylation sites (tertiary alicyclic amines) is 1. The molecular formula is C19H24N2O3. The molecule has 128 valence electrons. The van der Waals surface area contributed by atoms with E-state index in [1.807, 2.05) is 17.0 Å². The summed E-state index contributed by atoms with van der Waals surface area (Å²) in [6.07, 6.45) is 2.00. The van der Waals surface area contributed by atoms with E-state index in [-0.39, 0.29) is 5.91 Å². The first-order valence-electron chi connectivity index (χ1n) is 8.68. The molecule has 2 saturated heterocycles. The number of hydrogen-bond acceptors (Lipinski definition) is 3. The molecule has 2 fully saturated rings. The van der Waals surface area contributed by atoms with Gasteiger partial charge in [0.1, 0.15) is 0 Å². The van der Waals surface area contributed by atoms with Crippen molar-refractivity contribution in [2.45, 2.75) is 32.0 Å². The SMILES string of the molecule is Cc1c(CC(=O)N2CCC3(CC2)OCCO3)c2ccccc2n1C.